The molecule has 0 bridgehead atoms. The minimum absolute atomic E-state index is 0.0513. The molecule has 8 heteroatoms. The van der Waals surface area contributed by atoms with Gasteiger partial charge in [0.2, 0.25) is 0 Å². The van der Waals surface area contributed by atoms with Crippen molar-refractivity contribution >= 4 is 35.1 Å². The van der Waals surface area contributed by atoms with E-state index < -0.39 is 6.26 Å². The molecular weight excluding hydrogens is 582 g/mol. The van der Waals surface area contributed by atoms with E-state index in [1.165, 1.54) is 20.0 Å². The first-order valence-corrected chi connectivity index (χ1v) is 17.4. The molecule has 2 aromatic rings. The number of hydrogen-bond donors (Lipinski definition) is 1. The van der Waals surface area contributed by atoms with E-state index >= 15 is 0 Å². The Bertz CT molecular complexity index is 1530. The lowest BCUT2D eigenvalue weighted by molar-refractivity contribution is -0.197. The number of aldehydes is 1. The van der Waals surface area contributed by atoms with Crippen LogP contribution in [0.4, 0.5) is 0 Å². The minimum Gasteiger partial charge on any atom is -0.463 e. The molecule has 1 N–H and O–H groups in total. The third-order valence-electron chi connectivity index (χ3n) is 13.1. The molecule has 250 valence electrons. The summed E-state index contributed by atoms with van der Waals surface area (Å²) in [5.41, 5.74) is 2.01. The van der Waals surface area contributed by atoms with Gasteiger partial charge in [0, 0.05) is 48.8 Å². The van der Waals surface area contributed by atoms with Gasteiger partial charge in [-0.15, -0.1) is 0 Å². The van der Waals surface area contributed by atoms with Crippen LogP contribution in [0.25, 0.3) is 10.9 Å². The Balaban J connectivity index is 1.11. The average Bonchev–Trinajstić information content (AvgIpc) is 3.61. The highest BCUT2D eigenvalue weighted by atomic mass is 16.5. The third kappa shape index (κ3) is 5.90. The number of rotatable bonds is 9. The van der Waals surface area contributed by atoms with Gasteiger partial charge in [-0.3, -0.25) is 19.2 Å². The summed E-state index contributed by atoms with van der Waals surface area (Å²) in [6.07, 6.45) is 9.76. The van der Waals surface area contributed by atoms with Crippen molar-refractivity contribution in [3.8, 4) is 0 Å². The molecule has 10 atom stereocenters. The lowest BCUT2D eigenvalue weighted by Crippen LogP contribution is -2.59. The molecule has 0 saturated heterocycles. The molecule has 0 aliphatic heterocycles. The van der Waals surface area contributed by atoms with E-state index in [1.807, 2.05) is 18.2 Å². The smallest absolute Gasteiger partial charge is 0.306 e. The molecular formula is C38H51NO7. The Hall–Kier alpha value is -3.16. The van der Waals surface area contributed by atoms with Crippen molar-refractivity contribution in [1.82, 2.24) is 4.98 Å². The van der Waals surface area contributed by atoms with Crippen LogP contribution < -0.4 is 0 Å². The normalized spacial score (nSPS) is 36.0. The quantitative estimate of drug-likeness (QED) is 0.172. The highest BCUT2D eigenvalue weighted by Crippen LogP contribution is 2.69. The first-order chi connectivity index (χ1) is 22.3. The highest BCUT2D eigenvalue weighted by Gasteiger charge is 2.64. The van der Waals surface area contributed by atoms with Crippen LogP contribution in [-0.2, 0) is 35.2 Å². The number of carbonyl (C=O) groups is 4. The van der Waals surface area contributed by atoms with Gasteiger partial charge >= 0.3 is 17.9 Å². The van der Waals surface area contributed by atoms with Crippen LogP contribution in [0, 0.1) is 46.3 Å². The number of aromatic amines is 1. The number of carbonyl (C=O) groups excluding carboxylic acids is 4. The van der Waals surface area contributed by atoms with Crippen LogP contribution in [-0.4, -0.2) is 41.4 Å². The van der Waals surface area contributed by atoms with Crippen molar-refractivity contribution in [2.75, 3.05) is 0 Å². The number of nitrogens with one attached hydrogen (secondary N) is 1. The monoisotopic (exact) mass is 634 g/mol. The second kappa shape index (κ2) is 12.8. The predicted molar refractivity (Wildman–Crippen MR) is 174 cm³/mol. The zero-order valence-corrected chi connectivity index (χ0v) is 28.1. The van der Waals surface area contributed by atoms with Gasteiger partial charge in [0.1, 0.15) is 20.2 Å². The van der Waals surface area contributed by atoms with Gasteiger partial charge < -0.3 is 19.2 Å². The van der Waals surface area contributed by atoms with Crippen LogP contribution in [0.1, 0.15) is 116 Å². The fraction of sp³-hybridized carbons (Fsp3) is 0.684. The minimum atomic E-state index is -0.769. The maximum atomic E-state index is 13.0. The van der Waals surface area contributed by atoms with E-state index in [9.17, 15) is 19.2 Å². The topological polar surface area (TPSA) is 112 Å². The van der Waals surface area contributed by atoms with Crippen molar-refractivity contribution in [1.29, 1.82) is 0 Å². The first-order valence-electron chi connectivity index (χ1n) is 17.9. The number of aromatic nitrogens is 1. The third-order valence-corrected chi connectivity index (χ3v) is 13.1. The van der Waals surface area contributed by atoms with Crippen LogP contribution in [0.3, 0.4) is 0 Å². The molecule has 4 saturated carbocycles. The summed E-state index contributed by atoms with van der Waals surface area (Å²) in [5.74, 6) is 1.75. The number of ether oxygens (including phenoxy) is 3. The number of H-pyrrole nitrogens is 1. The lowest BCUT2D eigenvalue weighted by Gasteiger charge is -2.62. The van der Waals surface area contributed by atoms with Crippen LogP contribution >= 0.6 is 0 Å². The second-order valence-corrected chi connectivity index (χ2v) is 15.4. The fourth-order valence-corrected chi connectivity index (χ4v) is 11.0. The number of esters is 3. The van der Waals surface area contributed by atoms with Gasteiger partial charge in [-0.1, -0.05) is 32.9 Å². The molecule has 0 amide bonds. The van der Waals surface area contributed by atoms with Gasteiger partial charge in [-0.05, 0) is 110 Å². The summed E-state index contributed by atoms with van der Waals surface area (Å²) in [6, 6.07) is 5.52. The van der Waals surface area contributed by atoms with Gasteiger partial charge in [0.15, 0.2) is 6.26 Å². The molecule has 8 nitrogen and oxygen atoms in total. The SMILES string of the molecule is [2H]C(=O)c1c[nH]c2cccc(COC(=O)CC[C@@H](C)[C@H]3CC[C@H]4[C@@H]5[C@@H](OC(C)=O)C[C@@H]6C[C@H](OC(C)=O)CC[C@]6(C)[C@H]5CC[C@]34C)c12. The Kier molecular flexibility index (Phi) is 8.75. The number of benzene rings is 1. The molecule has 1 aromatic heterocycles. The van der Waals surface area contributed by atoms with Crippen molar-refractivity contribution in [3.63, 3.8) is 0 Å². The van der Waals surface area contributed by atoms with E-state index in [-0.39, 0.29) is 53.1 Å². The standard InChI is InChI=1S/C38H51NO7/c1-22(9-12-34(43)44-21-25-7-6-8-32-35(25)26(20-40)19-39-32)29-10-11-30-36-31(14-16-38(29,30)5)37(4)15-13-28(45-23(2)41)17-27(37)18-33(36)46-24(3)42/h6-8,19-20,22,27-31,33,36,39H,9-18,21H2,1-5H3/t22-,27+,28-,29-,30+,31+,33+,36+,37+,38-/m1/s1/i20D. The Morgan fingerprint density at radius 3 is 2.50 bits per heavy atom. The Morgan fingerprint density at radius 2 is 1.76 bits per heavy atom. The maximum Gasteiger partial charge on any atom is 0.306 e. The second-order valence-electron chi connectivity index (χ2n) is 15.4. The summed E-state index contributed by atoms with van der Waals surface area (Å²) < 4.78 is 25.1. The van der Waals surface area contributed by atoms with Crippen molar-refractivity contribution in [3.05, 3.63) is 35.5 Å². The van der Waals surface area contributed by atoms with Crippen LogP contribution in [0.2, 0.25) is 0 Å². The molecule has 46 heavy (non-hydrogen) atoms. The molecule has 4 fully saturated rings. The van der Waals surface area contributed by atoms with Crippen molar-refractivity contribution < 1.29 is 34.8 Å². The van der Waals surface area contributed by atoms with Gasteiger partial charge in [-0.25, -0.2) is 0 Å². The highest BCUT2D eigenvalue weighted by molar-refractivity contribution is 5.99. The van der Waals surface area contributed by atoms with E-state index in [2.05, 4.69) is 25.8 Å². The Morgan fingerprint density at radius 1 is 1.02 bits per heavy atom. The van der Waals surface area contributed by atoms with E-state index in [0.717, 1.165) is 63.3 Å². The molecule has 6 rings (SSSR count). The largest absolute Gasteiger partial charge is 0.463 e. The summed E-state index contributed by atoms with van der Waals surface area (Å²) in [6.45, 7) is 10.3. The summed E-state index contributed by atoms with van der Waals surface area (Å²) in [7, 11) is 0. The molecule has 0 radical (unpaired) electrons. The fourth-order valence-electron chi connectivity index (χ4n) is 11.0. The Labute approximate surface area is 274 Å². The zero-order chi connectivity index (χ0) is 33.7. The lowest BCUT2D eigenvalue weighted by atomic mass is 9.43. The van der Waals surface area contributed by atoms with Crippen LogP contribution in [0.15, 0.2) is 24.4 Å². The summed E-state index contributed by atoms with van der Waals surface area (Å²) in [5, 5.41) is 0.640. The predicted octanol–water partition coefficient (Wildman–Crippen LogP) is 7.57. The van der Waals surface area contributed by atoms with E-state index in [4.69, 9.17) is 15.6 Å². The van der Waals surface area contributed by atoms with Crippen molar-refractivity contribution in [2.45, 2.75) is 118 Å². The molecule has 0 spiro atoms. The van der Waals surface area contributed by atoms with Gasteiger partial charge in [0.25, 0.3) is 0 Å². The van der Waals surface area contributed by atoms with Gasteiger partial charge in [-0.2, -0.15) is 0 Å². The molecule has 4 aliphatic rings. The summed E-state index contributed by atoms with van der Waals surface area (Å²) >= 11 is 0. The van der Waals surface area contributed by atoms with Gasteiger partial charge in [0.05, 0.1) is 0 Å². The number of hydrogen-bond acceptors (Lipinski definition) is 7. The summed E-state index contributed by atoms with van der Waals surface area (Å²) in [4.78, 5) is 52.0. The first kappa shape index (κ1) is 31.4. The van der Waals surface area contributed by atoms with E-state index in [0.29, 0.717) is 52.9 Å². The molecule has 1 heterocycles. The molecule has 4 aliphatic carbocycles. The van der Waals surface area contributed by atoms with E-state index in [1.54, 1.807) is 0 Å². The zero-order valence-electron chi connectivity index (χ0n) is 29.1. The van der Waals surface area contributed by atoms with Crippen LogP contribution in [0.5, 0.6) is 0 Å². The molecule has 0 unspecified atom stereocenters. The maximum absolute atomic E-state index is 13.0. The number of fused-ring (bicyclic) bond motifs is 6. The van der Waals surface area contributed by atoms with Crippen molar-refractivity contribution in [2.24, 2.45) is 46.3 Å². The molecule has 1 aromatic carbocycles. The average molecular weight is 635 g/mol.